The Morgan fingerprint density at radius 1 is 1.04 bits per heavy atom. The lowest BCUT2D eigenvalue weighted by Gasteiger charge is -2.24. The lowest BCUT2D eigenvalue weighted by molar-refractivity contribution is -0.119. The Labute approximate surface area is 153 Å². The Balaban J connectivity index is 2.29. The van der Waals surface area contributed by atoms with E-state index in [4.69, 9.17) is 0 Å². The summed E-state index contributed by atoms with van der Waals surface area (Å²) in [6.45, 7) is 2.03. The molecule has 2 aromatic carbocycles. The van der Waals surface area contributed by atoms with Crippen molar-refractivity contribution in [3.05, 3.63) is 60.4 Å². The monoisotopic (exact) mass is 378 g/mol. The zero-order valence-corrected chi connectivity index (χ0v) is 15.5. The van der Waals surface area contributed by atoms with Crippen LogP contribution in [0.15, 0.2) is 59.5 Å². The number of hydrogen-bond acceptors (Lipinski definition) is 3. The van der Waals surface area contributed by atoms with Crippen LogP contribution in [0, 0.1) is 5.82 Å². The third-order valence-electron chi connectivity index (χ3n) is 3.84. The van der Waals surface area contributed by atoms with E-state index in [2.05, 4.69) is 5.32 Å². The molecule has 0 aliphatic rings. The fraction of sp³-hybridized carbons (Fsp3) is 0.316. The molecule has 26 heavy (non-hydrogen) atoms. The van der Waals surface area contributed by atoms with E-state index in [1.54, 1.807) is 18.2 Å². The zero-order valence-electron chi connectivity index (χ0n) is 14.7. The molecular formula is C19H23FN2O3S. The molecule has 5 nitrogen and oxygen atoms in total. The van der Waals surface area contributed by atoms with E-state index < -0.39 is 28.3 Å². The van der Waals surface area contributed by atoms with Gasteiger partial charge in [0.25, 0.3) is 10.0 Å². The average molecular weight is 378 g/mol. The summed E-state index contributed by atoms with van der Waals surface area (Å²) in [6.07, 6.45) is 2.80. The predicted octanol–water partition coefficient (Wildman–Crippen LogP) is 3.33. The van der Waals surface area contributed by atoms with E-state index in [0.29, 0.717) is 6.54 Å². The smallest absolute Gasteiger partial charge is 0.264 e. The number of nitrogens with zero attached hydrogens (tertiary/aromatic N) is 1. The van der Waals surface area contributed by atoms with Gasteiger partial charge in [-0.15, -0.1) is 0 Å². The number of sulfonamides is 1. The second-order valence-electron chi connectivity index (χ2n) is 5.83. The quantitative estimate of drug-likeness (QED) is 0.681. The van der Waals surface area contributed by atoms with Crippen molar-refractivity contribution in [1.82, 2.24) is 5.32 Å². The first-order chi connectivity index (χ1) is 12.5. The first kappa shape index (κ1) is 19.9. The molecule has 0 fully saturated rings. The molecule has 0 saturated heterocycles. The fourth-order valence-corrected chi connectivity index (χ4v) is 3.91. The molecule has 0 unspecified atom stereocenters. The van der Waals surface area contributed by atoms with Crippen LogP contribution in [0.5, 0.6) is 0 Å². The lowest BCUT2D eigenvalue weighted by Crippen LogP contribution is -2.41. The second kappa shape index (κ2) is 9.33. The normalized spacial score (nSPS) is 11.2. The summed E-state index contributed by atoms with van der Waals surface area (Å²) in [5.74, 6) is -1.17. The highest BCUT2D eigenvalue weighted by Gasteiger charge is 2.28. The molecule has 2 rings (SSSR count). The first-order valence-electron chi connectivity index (χ1n) is 8.56. The van der Waals surface area contributed by atoms with Gasteiger partial charge in [0.05, 0.1) is 10.6 Å². The van der Waals surface area contributed by atoms with Gasteiger partial charge in [0.1, 0.15) is 12.4 Å². The van der Waals surface area contributed by atoms with Crippen LogP contribution in [0.4, 0.5) is 10.1 Å². The number of hydrogen-bond donors (Lipinski definition) is 1. The van der Waals surface area contributed by atoms with Crippen LogP contribution in [0.3, 0.4) is 0 Å². The van der Waals surface area contributed by atoms with E-state index in [9.17, 15) is 17.6 Å². The maximum Gasteiger partial charge on any atom is 0.264 e. The summed E-state index contributed by atoms with van der Waals surface area (Å²) in [7, 11) is -4.07. The number of amides is 1. The minimum atomic E-state index is -4.07. The lowest BCUT2D eigenvalue weighted by atomic mass is 10.2. The van der Waals surface area contributed by atoms with E-state index in [1.807, 2.05) is 6.92 Å². The molecule has 0 atom stereocenters. The molecule has 2 aromatic rings. The van der Waals surface area contributed by atoms with Crippen LogP contribution in [-0.2, 0) is 14.8 Å². The molecule has 1 N–H and O–H groups in total. The van der Waals surface area contributed by atoms with E-state index >= 15 is 0 Å². The highest BCUT2D eigenvalue weighted by molar-refractivity contribution is 7.92. The number of rotatable bonds is 9. The third kappa shape index (κ3) is 5.05. The van der Waals surface area contributed by atoms with Crippen molar-refractivity contribution in [2.24, 2.45) is 0 Å². The highest BCUT2D eigenvalue weighted by atomic mass is 32.2. The molecule has 0 aliphatic heterocycles. The molecule has 7 heteroatoms. The summed E-state index contributed by atoms with van der Waals surface area (Å²) < 4.78 is 41.0. The minimum Gasteiger partial charge on any atom is -0.355 e. The van der Waals surface area contributed by atoms with E-state index in [1.165, 1.54) is 36.4 Å². The Kier molecular flexibility index (Phi) is 7.15. The molecule has 1 amide bonds. The van der Waals surface area contributed by atoms with Crippen molar-refractivity contribution >= 4 is 21.6 Å². The number of carbonyl (C=O) groups is 1. The van der Waals surface area contributed by atoms with Gasteiger partial charge in [-0.2, -0.15) is 0 Å². The number of carbonyl (C=O) groups excluding carboxylic acids is 1. The zero-order chi connectivity index (χ0) is 19.0. The van der Waals surface area contributed by atoms with Crippen molar-refractivity contribution in [3.63, 3.8) is 0 Å². The van der Waals surface area contributed by atoms with Gasteiger partial charge in [0.15, 0.2) is 0 Å². The standard InChI is InChI=1S/C19H23FN2O3S/c1-2-3-9-14-21-19(23)15-22(18-13-8-7-12-17(18)20)26(24,25)16-10-5-4-6-11-16/h4-8,10-13H,2-3,9,14-15H2,1H3,(H,21,23). The summed E-state index contributed by atoms with van der Waals surface area (Å²) in [4.78, 5) is 12.2. The molecule has 0 bridgehead atoms. The Hall–Kier alpha value is -2.41. The average Bonchev–Trinajstić information content (AvgIpc) is 2.65. The Morgan fingerprint density at radius 2 is 1.69 bits per heavy atom. The SMILES string of the molecule is CCCCCNC(=O)CN(c1ccccc1F)S(=O)(=O)c1ccccc1. The summed E-state index contributed by atoms with van der Waals surface area (Å²) in [5, 5.41) is 2.69. The van der Waals surface area contributed by atoms with Crippen LogP contribution >= 0.6 is 0 Å². The first-order valence-corrected chi connectivity index (χ1v) is 10.00. The van der Waals surface area contributed by atoms with Crippen LogP contribution < -0.4 is 9.62 Å². The fourth-order valence-electron chi connectivity index (χ4n) is 2.46. The van der Waals surface area contributed by atoms with Gasteiger partial charge in [0, 0.05) is 6.54 Å². The van der Waals surface area contributed by atoms with Gasteiger partial charge in [0.2, 0.25) is 5.91 Å². The van der Waals surface area contributed by atoms with Gasteiger partial charge < -0.3 is 5.32 Å². The summed E-state index contributed by atoms with van der Waals surface area (Å²) in [5.41, 5.74) is -0.153. The van der Waals surface area contributed by atoms with Gasteiger partial charge in [-0.3, -0.25) is 9.10 Å². The number of halogens is 1. The van der Waals surface area contributed by atoms with Gasteiger partial charge in [-0.25, -0.2) is 12.8 Å². The van der Waals surface area contributed by atoms with Gasteiger partial charge in [-0.1, -0.05) is 50.1 Å². The van der Waals surface area contributed by atoms with Crippen molar-refractivity contribution in [2.75, 3.05) is 17.4 Å². The molecule has 140 valence electrons. The van der Waals surface area contributed by atoms with Gasteiger partial charge >= 0.3 is 0 Å². The van der Waals surface area contributed by atoms with E-state index in [-0.39, 0.29) is 10.6 Å². The van der Waals surface area contributed by atoms with Crippen molar-refractivity contribution in [3.8, 4) is 0 Å². The molecule has 0 saturated carbocycles. The molecule has 0 aliphatic carbocycles. The summed E-state index contributed by atoms with van der Waals surface area (Å²) in [6, 6.07) is 13.2. The minimum absolute atomic E-state index is 0.00189. The third-order valence-corrected chi connectivity index (χ3v) is 5.62. The van der Waals surface area contributed by atoms with Gasteiger partial charge in [-0.05, 0) is 30.7 Å². The number of benzene rings is 2. The van der Waals surface area contributed by atoms with Crippen LogP contribution in [-0.4, -0.2) is 27.4 Å². The number of anilines is 1. The molecule has 0 heterocycles. The second-order valence-corrected chi connectivity index (χ2v) is 7.70. The molecule has 0 spiro atoms. The topological polar surface area (TPSA) is 66.5 Å². The van der Waals surface area contributed by atoms with Crippen molar-refractivity contribution < 1.29 is 17.6 Å². The highest BCUT2D eigenvalue weighted by Crippen LogP contribution is 2.25. The predicted molar refractivity (Wildman–Crippen MR) is 99.9 cm³/mol. The number of nitrogens with one attached hydrogen (secondary N) is 1. The molecule has 0 aromatic heterocycles. The van der Waals surface area contributed by atoms with Crippen LogP contribution in [0.1, 0.15) is 26.2 Å². The van der Waals surface area contributed by atoms with E-state index in [0.717, 1.165) is 23.6 Å². The Bertz CT molecular complexity index is 826. The maximum absolute atomic E-state index is 14.3. The molecular weight excluding hydrogens is 355 g/mol. The summed E-state index contributed by atoms with van der Waals surface area (Å²) >= 11 is 0. The Morgan fingerprint density at radius 3 is 2.35 bits per heavy atom. The van der Waals surface area contributed by atoms with Crippen molar-refractivity contribution in [2.45, 2.75) is 31.1 Å². The van der Waals surface area contributed by atoms with Crippen molar-refractivity contribution in [1.29, 1.82) is 0 Å². The molecule has 0 radical (unpaired) electrons. The number of para-hydroxylation sites is 1. The van der Waals surface area contributed by atoms with Crippen LogP contribution in [0.2, 0.25) is 0 Å². The largest absolute Gasteiger partial charge is 0.355 e. The van der Waals surface area contributed by atoms with Crippen LogP contribution in [0.25, 0.3) is 0 Å². The number of unbranched alkanes of at least 4 members (excludes halogenated alkanes) is 2. The maximum atomic E-state index is 14.3.